The summed E-state index contributed by atoms with van der Waals surface area (Å²) in [5.41, 5.74) is 1.52. The van der Waals surface area contributed by atoms with E-state index in [1.54, 1.807) is 0 Å². The first-order valence-electron chi connectivity index (χ1n) is 9.23. The van der Waals surface area contributed by atoms with Gasteiger partial charge in [0.05, 0.1) is 19.3 Å². The highest BCUT2D eigenvalue weighted by atomic mass is 16.5. The van der Waals surface area contributed by atoms with Crippen molar-refractivity contribution in [2.45, 2.75) is 45.6 Å². The Morgan fingerprint density at radius 1 is 1.46 bits per heavy atom. The van der Waals surface area contributed by atoms with Gasteiger partial charge in [0.15, 0.2) is 5.96 Å². The minimum atomic E-state index is 0.0679. The summed E-state index contributed by atoms with van der Waals surface area (Å²) in [5, 5.41) is 7.74. The average molecular weight is 333 g/mol. The fourth-order valence-corrected chi connectivity index (χ4v) is 3.73. The SMILES string of the molecule is CCNC(=NCC1(C)CCCC1)N1CCOC(c2cnn(C)c2)C1. The fraction of sp³-hybridized carbons (Fsp3) is 0.778. The van der Waals surface area contributed by atoms with Crippen molar-refractivity contribution in [2.24, 2.45) is 17.5 Å². The van der Waals surface area contributed by atoms with Crippen LogP contribution in [0.2, 0.25) is 0 Å². The van der Waals surface area contributed by atoms with Crippen LogP contribution in [0.1, 0.15) is 51.2 Å². The molecular formula is C18H31N5O. The van der Waals surface area contributed by atoms with E-state index >= 15 is 0 Å². The molecule has 1 aromatic rings. The maximum atomic E-state index is 5.96. The van der Waals surface area contributed by atoms with Crippen LogP contribution < -0.4 is 5.32 Å². The van der Waals surface area contributed by atoms with Crippen LogP contribution in [0.25, 0.3) is 0 Å². The molecule has 1 aliphatic carbocycles. The number of ether oxygens (including phenoxy) is 1. The number of guanidine groups is 1. The van der Waals surface area contributed by atoms with Gasteiger partial charge in [-0.05, 0) is 25.2 Å². The number of aromatic nitrogens is 2. The Hall–Kier alpha value is -1.56. The Bertz CT molecular complexity index is 562. The average Bonchev–Trinajstić information content (AvgIpc) is 3.21. The quantitative estimate of drug-likeness (QED) is 0.679. The molecule has 1 saturated carbocycles. The maximum absolute atomic E-state index is 5.96. The number of hydrogen-bond donors (Lipinski definition) is 1. The molecule has 6 heteroatoms. The van der Waals surface area contributed by atoms with E-state index < -0.39 is 0 Å². The van der Waals surface area contributed by atoms with E-state index in [1.807, 2.05) is 24.1 Å². The van der Waals surface area contributed by atoms with Crippen molar-refractivity contribution < 1.29 is 4.74 Å². The van der Waals surface area contributed by atoms with Crippen LogP contribution in [0.15, 0.2) is 17.4 Å². The van der Waals surface area contributed by atoms with Gasteiger partial charge in [-0.2, -0.15) is 5.10 Å². The number of rotatable bonds is 4. The van der Waals surface area contributed by atoms with Crippen LogP contribution in [-0.4, -0.2) is 53.4 Å². The van der Waals surface area contributed by atoms with Gasteiger partial charge in [0.2, 0.25) is 0 Å². The van der Waals surface area contributed by atoms with Gasteiger partial charge in [0.25, 0.3) is 0 Å². The highest BCUT2D eigenvalue weighted by Crippen LogP contribution is 2.37. The summed E-state index contributed by atoms with van der Waals surface area (Å²) < 4.78 is 7.79. The molecular weight excluding hydrogens is 302 g/mol. The second-order valence-corrected chi connectivity index (χ2v) is 7.44. The van der Waals surface area contributed by atoms with Crippen molar-refractivity contribution in [1.29, 1.82) is 0 Å². The Kier molecular flexibility index (Phi) is 5.43. The van der Waals surface area contributed by atoms with E-state index in [1.165, 1.54) is 25.7 Å². The van der Waals surface area contributed by atoms with Crippen molar-refractivity contribution in [3.05, 3.63) is 18.0 Å². The van der Waals surface area contributed by atoms with Gasteiger partial charge in [-0.25, -0.2) is 0 Å². The monoisotopic (exact) mass is 333 g/mol. The number of morpholine rings is 1. The van der Waals surface area contributed by atoms with Gasteiger partial charge in [-0.3, -0.25) is 9.67 Å². The highest BCUT2D eigenvalue weighted by Gasteiger charge is 2.30. The summed E-state index contributed by atoms with van der Waals surface area (Å²) >= 11 is 0. The molecule has 2 heterocycles. The molecule has 134 valence electrons. The van der Waals surface area contributed by atoms with E-state index in [0.29, 0.717) is 5.41 Å². The van der Waals surface area contributed by atoms with E-state index in [4.69, 9.17) is 9.73 Å². The fourth-order valence-electron chi connectivity index (χ4n) is 3.73. The first-order chi connectivity index (χ1) is 11.6. The van der Waals surface area contributed by atoms with Gasteiger partial charge >= 0.3 is 0 Å². The first-order valence-corrected chi connectivity index (χ1v) is 9.23. The van der Waals surface area contributed by atoms with Crippen molar-refractivity contribution in [2.75, 3.05) is 32.8 Å². The molecule has 1 saturated heterocycles. The number of hydrogen-bond acceptors (Lipinski definition) is 3. The standard InChI is InChI=1S/C18H31N5O/c1-4-19-17(20-14-18(2)7-5-6-8-18)23-9-10-24-16(13-23)15-11-21-22(3)12-15/h11-12,16H,4-10,13-14H2,1-3H3,(H,19,20). The predicted octanol–water partition coefficient (Wildman–Crippen LogP) is 2.34. The minimum Gasteiger partial charge on any atom is -0.370 e. The Morgan fingerprint density at radius 2 is 2.25 bits per heavy atom. The number of aliphatic imine (C=N–C) groups is 1. The molecule has 1 aromatic heterocycles. The largest absolute Gasteiger partial charge is 0.370 e. The molecule has 0 amide bonds. The summed E-state index contributed by atoms with van der Waals surface area (Å²) in [4.78, 5) is 7.32. The van der Waals surface area contributed by atoms with Crippen LogP contribution in [0.3, 0.4) is 0 Å². The zero-order chi connectivity index (χ0) is 17.0. The Labute approximate surface area is 145 Å². The predicted molar refractivity (Wildman–Crippen MR) is 96.0 cm³/mol. The van der Waals surface area contributed by atoms with Crippen LogP contribution in [0, 0.1) is 5.41 Å². The number of nitrogens with zero attached hydrogens (tertiary/aromatic N) is 4. The van der Waals surface area contributed by atoms with E-state index in [2.05, 4.69) is 29.2 Å². The minimum absolute atomic E-state index is 0.0679. The normalized spacial score (nSPS) is 24.4. The molecule has 0 aromatic carbocycles. The molecule has 1 atom stereocenters. The molecule has 1 unspecified atom stereocenters. The molecule has 0 radical (unpaired) electrons. The topological polar surface area (TPSA) is 54.7 Å². The van der Waals surface area contributed by atoms with E-state index in [-0.39, 0.29) is 6.10 Å². The summed E-state index contributed by atoms with van der Waals surface area (Å²) in [5.74, 6) is 1.03. The third kappa shape index (κ3) is 4.09. The Morgan fingerprint density at radius 3 is 2.92 bits per heavy atom. The van der Waals surface area contributed by atoms with Gasteiger partial charge in [0.1, 0.15) is 6.10 Å². The smallest absolute Gasteiger partial charge is 0.194 e. The summed E-state index contributed by atoms with van der Waals surface area (Å²) in [6.07, 6.45) is 9.31. The van der Waals surface area contributed by atoms with Gasteiger partial charge < -0.3 is 15.0 Å². The molecule has 2 aliphatic rings. The van der Waals surface area contributed by atoms with Gasteiger partial charge in [-0.1, -0.05) is 19.8 Å². The zero-order valence-electron chi connectivity index (χ0n) is 15.3. The summed E-state index contributed by atoms with van der Waals surface area (Å²) in [6, 6.07) is 0. The first kappa shape index (κ1) is 17.3. The molecule has 1 N–H and O–H groups in total. The van der Waals surface area contributed by atoms with E-state index in [0.717, 1.165) is 44.3 Å². The van der Waals surface area contributed by atoms with Crippen LogP contribution in [0.5, 0.6) is 0 Å². The molecule has 3 rings (SSSR count). The van der Waals surface area contributed by atoms with Crippen LogP contribution in [0.4, 0.5) is 0 Å². The third-order valence-corrected chi connectivity index (χ3v) is 5.22. The van der Waals surface area contributed by atoms with Crippen molar-refractivity contribution in [1.82, 2.24) is 20.0 Å². The van der Waals surface area contributed by atoms with E-state index in [9.17, 15) is 0 Å². The Balaban J connectivity index is 1.68. The lowest BCUT2D eigenvalue weighted by molar-refractivity contribution is -0.00810. The molecule has 1 aliphatic heterocycles. The van der Waals surface area contributed by atoms with Crippen LogP contribution in [-0.2, 0) is 11.8 Å². The molecule has 2 fully saturated rings. The van der Waals surface area contributed by atoms with Gasteiger partial charge in [0, 0.05) is 38.4 Å². The summed E-state index contributed by atoms with van der Waals surface area (Å²) in [7, 11) is 1.94. The third-order valence-electron chi connectivity index (χ3n) is 5.22. The van der Waals surface area contributed by atoms with Crippen molar-refractivity contribution in [3.63, 3.8) is 0 Å². The lowest BCUT2D eigenvalue weighted by Gasteiger charge is -2.35. The second-order valence-electron chi connectivity index (χ2n) is 7.44. The van der Waals surface area contributed by atoms with Gasteiger partial charge in [-0.15, -0.1) is 0 Å². The van der Waals surface area contributed by atoms with Crippen molar-refractivity contribution >= 4 is 5.96 Å². The zero-order valence-corrected chi connectivity index (χ0v) is 15.3. The molecule has 0 spiro atoms. The number of nitrogens with one attached hydrogen (secondary N) is 1. The van der Waals surface area contributed by atoms with Crippen molar-refractivity contribution in [3.8, 4) is 0 Å². The summed E-state index contributed by atoms with van der Waals surface area (Å²) in [6.45, 7) is 8.76. The number of aryl methyl sites for hydroxylation is 1. The maximum Gasteiger partial charge on any atom is 0.194 e. The molecule has 0 bridgehead atoms. The van der Waals surface area contributed by atoms with Crippen LogP contribution >= 0.6 is 0 Å². The molecule has 24 heavy (non-hydrogen) atoms. The highest BCUT2D eigenvalue weighted by molar-refractivity contribution is 5.80. The lowest BCUT2D eigenvalue weighted by Crippen LogP contribution is -2.48. The molecule has 6 nitrogen and oxygen atoms in total. The lowest BCUT2D eigenvalue weighted by atomic mass is 9.89. The second kappa shape index (κ2) is 7.55.